The highest BCUT2D eigenvalue weighted by Crippen LogP contribution is 2.44. The molecule has 1 heterocycles. The van der Waals surface area contributed by atoms with Gasteiger partial charge in [-0.3, -0.25) is 9.69 Å². The third-order valence-corrected chi connectivity index (χ3v) is 3.95. The molecule has 1 aliphatic rings. The molecule has 1 aromatic rings. The van der Waals surface area contributed by atoms with Gasteiger partial charge in [-0.25, -0.2) is 4.79 Å². The van der Waals surface area contributed by atoms with Gasteiger partial charge in [-0.15, -0.1) is 0 Å². The number of carboxylic acid groups (broad SMARTS) is 1. The van der Waals surface area contributed by atoms with Crippen LogP contribution in [0.15, 0.2) is 12.1 Å². The molecule has 1 aliphatic heterocycles. The molecule has 23 heavy (non-hydrogen) atoms. The van der Waals surface area contributed by atoms with Crippen LogP contribution in [-0.4, -0.2) is 44.0 Å². The molecule has 0 saturated carbocycles. The molecule has 126 valence electrons. The molecule has 0 bridgehead atoms. The lowest BCUT2D eigenvalue weighted by Gasteiger charge is -2.37. The van der Waals surface area contributed by atoms with E-state index in [0.717, 1.165) is 0 Å². The number of carbonyl (C=O) groups is 2. The zero-order valence-electron chi connectivity index (χ0n) is 13.7. The number of carbonyl (C=O) groups excluding carboxylic acids is 1. The summed E-state index contributed by atoms with van der Waals surface area (Å²) in [5.74, 6) is -0.797. The first-order chi connectivity index (χ1) is 10.9. The molecule has 2 atom stereocenters. The third-order valence-electron chi connectivity index (χ3n) is 3.95. The van der Waals surface area contributed by atoms with E-state index in [1.807, 2.05) is 0 Å². The number of methoxy groups -OCH3 is 2. The van der Waals surface area contributed by atoms with Crippen molar-refractivity contribution in [2.24, 2.45) is 0 Å². The van der Waals surface area contributed by atoms with E-state index in [9.17, 15) is 14.7 Å². The quantitative estimate of drug-likeness (QED) is 0.917. The van der Waals surface area contributed by atoms with Crippen LogP contribution >= 0.6 is 0 Å². The smallest absolute Gasteiger partial charge is 0.414 e. The Hall–Kier alpha value is -2.44. The summed E-state index contributed by atoms with van der Waals surface area (Å²) < 4.78 is 15.6. The maximum absolute atomic E-state index is 12.3. The largest absolute Gasteiger partial charge is 0.493 e. The van der Waals surface area contributed by atoms with E-state index in [2.05, 4.69) is 0 Å². The first kappa shape index (κ1) is 16.9. The van der Waals surface area contributed by atoms with Gasteiger partial charge in [-0.2, -0.15) is 0 Å². The number of benzene rings is 1. The van der Waals surface area contributed by atoms with Crippen molar-refractivity contribution in [3.63, 3.8) is 0 Å². The molecular formula is C16H21NO6. The monoisotopic (exact) mass is 323 g/mol. The van der Waals surface area contributed by atoms with Crippen molar-refractivity contribution in [1.82, 2.24) is 0 Å². The summed E-state index contributed by atoms with van der Waals surface area (Å²) in [5, 5.41) is 9.51. The van der Waals surface area contributed by atoms with Gasteiger partial charge < -0.3 is 19.3 Å². The molecule has 2 unspecified atom stereocenters. The van der Waals surface area contributed by atoms with Gasteiger partial charge in [0.05, 0.1) is 32.4 Å². The van der Waals surface area contributed by atoms with Gasteiger partial charge in [-0.1, -0.05) is 0 Å². The highest BCUT2D eigenvalue weighted by Gasteiger charge is 2.38. The summed E-state index contributed by atoms with van der Waals surface area (Å²) in [6, 6.07) is 2.93. The molecule has 0 saturated heterocycles. The van der Waals surface area contributed by atoms with E-state index in [1.165, 1.54) is 19.1 Å². The van der Waals surface area contributed by atoms with Crippen molar-refractivity contribution < 1.29 is 28.9 Å². The van der Waals surface area contributed by atoms with Crippen LogP contribution in [0.3, 0.4) is 0 Å². The summed E-state index contributed by atoms with van der Waals surface area (Å²) in [6.45, 7) is 3.77. The molecule has 7 heteroatoms. The maximum atomic E-state index is 12.3. The number of carboxylic acids is 1. The van der Waals surface area contributed by atoms with Crippen LogP contribution in [0.5, 0.6) is 11.5 Å². The van der Waals surface area contributed by atoms with Crippen molar-refractivity contribution >= 4 is 17.7 Å². The van der Waals surface area contributed by atoms with Gasteiger partial charge in [0.15, 0.2) is 11.5 Å². The molecule has 7 nitrogen and oxygen atoms in total. The number of hydrogen-bond acceptors (Lipinski definition) is 5. The van der Waals surface area contributed by atoms with Crippen molar-refractivity contribution in [2.75, 3.05) is 25.7 Å². The average molecular weight is 323 g/mol. The zero-order valence-corrected chi connectivity index (χ0v) is 13.7. The fourth-order valence-electron chi connectivity index (χ4n) is 2.89. The highest BCUT2D eigenvalue weighted by molar-refractivity contribution is 5.93. The van der Waals surface area contributed by atoms with E-state index in [0.29, 0.717) is 29.2 Å². The van der Waals surface area contributed by atoms with Crippen LogP contribution in [0.4, 0.5) is 10.5 Å². The Kier molecular flexibility index (Phi) is 4.98. The minimum atomic E-state index is -0.936. The summed E-state index contributed by atoms with van der Waals surface area (Å²) in [6.07, 6.45) is -0.200. The van der Waals surface area contributed by atoms with Crippen LogP contribution in [0, 0.1) is 0 Å². The fraction of sp³-hybridized carbons (Fsp3) is 0.500. The van der Waals surface area contributed by atoms with Gasteiger partial charge in [0.25, 0.3) is 0 Å². The predicted molar refractivity (Wildman–Crippen MR) is 83.5 cm³/mol. The first-order valence-corrected chi connectivity index (χ1v) is 7.39. The standard InChI is InChI=1S/C16H21NO6/c1-5-23-16(20)17-9(2)6-11(15(18)19)10-7-13(21-3)14(22-4)8-12(10)17/h7-9,11H,5-6H2,1-4H3,(H,18,19). The lowest BCUT2D eigenvalue weighted by molar-refractivity contribution is -0.139. The second kappa shape index (κ2) is 6.76. The lowest BCUT2D eigenvalue weighted by atomic mass is 9.86. The molecule has 0 aromatic heterocycles. The van der Waals surface area contributed by atoms with Crippen LogP contribution in [-0.2, 0) is 9.53 Å². The van der Waals surface area contributed by atoms with Crippen molar-refractivity contribution in [3.8, 4) is 11.5 Å². The SMILES string of the molecule is CCOC(=O)N1c2cc(OC)c(OC)cc2C(C(=O)O)CC1C. The second-order valence-corrected chi connectivity index (χ2v) is 5.31. The molecule has 0 radical (unpaired) electrons. The minimum Gasteiger partial charge on any atom is -0.493 e. The lowest BCUT2D eigenvalue weighted by Crippen LogP contribution is -2.44. The van der Waals surface area contributed by atoms with E-state index < -0.39 is 18.0 Å². The summed E-state index contributed by atoms with van der Waals surface area (Å²) in [4.78, 5) is 25.4. The number of anilines is 1. The summed E-state index contributed by atoms with van der Waals surface area (Å²) >= 11 is 0. The highest BCUT2D eigenvalue weighted by atomic mass is 16.6. The molecule has 2 rings (SSSR count). The van der Waals surface area contributed by atoms with E-state index in [-0.39, 0.29) is 12.6 Å². The van der Waals surface area contributed by atoms with E-state index in [4.69, 9.17) is 14.2 Å². The van der Waals surface area contributed by atoms with E-state index in [1.54, 1.807) is 26.0 Å². The number of rotatable bonds is 4. The van der Waals surface area contributed by atoms with Gasteiger partial charge in [-0.05, 0) is 31.9 Å². The molecule has 0 fully saturated rings. The summed E-state index contributed by atoms with van der Waals surface area (Å²) in [7, 11) is 2.97. The number of nitrogens with zero attached hydrogens (tertiary/aromatic N) is 1. The predicted octanol–water partition coefficient (Wildman–Crippen LogP) is 2.63. The number of amides is 1. The Balaban J connectivity index is 2.62. The Bertz CT molecular complexity index is 615. The fourth-order valence-corrected chi connectivity index (χ4v) is 2.89. The van der Waals surface area contributed by atoms with Crippen molar-refractivity contribution in [3.05, 3.63) is 17.7 Å². The second-order valence-electron chi connectivity index (χ2n) is 5.31. The third kappa shape index (κ3) is 3.04. The van der Waals surface area contributed by atoms with Crippen molar-refractivity contribution in [2.45, 2.75) is 32.2 Å². The van der Waals surface area contributed by atoms with E-state index >= 15 is 0 Å². The molecule has 1 aromatic carbocycles. The van der Waals surface area contributed by atoms with Crippen LogP contribution in [0.1, 0.15) is 31.7 Å². The van der Waals surface area contributed by atoms with Gasteiger partial charge >= 0.3 is 12.1 Å². The van der Waals surface area contributed by atoms with Gasteiger partial charge in [0.2, 0.25) is 0 Å². The molecule has 1 N–H and O–H groups in total. The Labute approximate surface area is 134 Å². The topological polar surface area (TPSA) is 85.3 Å². The van der Waals surface area contributed by atoms with Crippen LogP contribution in [0.25, 0.3) is 0 Å². The van der Waals surface area contributed by atoms with Crippen LogP contribution < -0.4 is 14.4 Å². The maximum Gasteiger partial charge on any atom is 0.414 e. The first-order valence-electron chi connectivity index (χ1n) is 7.39. The zero-order chi connectivity index (χ0) is 17.1. The average Bonchev–Trinajstić information content (AvgIpc) is 2.52. The molecule has 0 spiro atoms. The number of ether oxygens (including phenoxy) is 3. The number of aliphatic carboxylic acids is 1. The Morgan fingerprint density at radius 3 is 2.39 bits per heavy atom. The molecule has 0 aliphatic carbocycles. The Morgan fingerprint density at radius 2 is 1.87 bits per heavy atom. The normalized spacial score (nSPS) is 19.7. The molecule has 1 amide bonds. The minimum absolute atomic E-state index is 0.243. The van der Waals surface area contributed by atoms with Gasteiger partial charge in [0, 0.05) is 12.1 Å². The Morgan fingerprint density at radius 1 is 1.26 bits per heavy atom. The summed E-state index contributed by atoms with van der Waals surface area (Å²) in [5.41, 5.74) is 0.994. The van der Waals surface area contributed by atoms with Gasteiger partial charge in [0.1, 0.15) is 0 Å². The molecular weight excluding hydrogens is 302 g/mol. The number of fused-ring (bicyclic) bond motifs is 1. The van der Waals surface area contributed by atoms with Crippen molar-refractivity contribution in [1.29, 1.82) is 0 Å². The van der Waals surface area contributed by atoms with Crippen LogP contribution in [0.2, 0.25) is 0 Å². The number of hydrogen-bond donors (Lipinski definition) is 1.